The summed E-state index contributed by atoms with van der Waals surface area (Å²) in [6, 6.07) is 1.31. The normalized spacial score (nSPS) is 18.5. The van der Waals surface area contributed by atoms with Gasteiger partial charge in [0.1, 0.15) is 11.9 Å². The molecule has 1 fully saturated rings. The van der Waals surface area contributed by atoms with Gasteiger partial charge in [-0.2, -0.15) is 0 Å². The van der Waals surface area contributed by atoms with Gasteiger partial charge in [-0.25, -0.2) is 19.6 Å². The topological polar surface area (TPSA) is 81.6 Å². The molecule has 7 heteroatoms. The zero-order chi connectivity index (χ0) is 14.5. The molecule has 0 saturated carbocycles. The fraction of sp³-hybridized carbons (Fsp3) is 0.538. The lowest BCUT2D eigenvalue weighted by atomic mass is 10.0. The van der Waals surface area contributed by atoms with E-state index in [9.17, 15) is 9.59 Å². The van der Waals surface area contributed by atoms with E-state index in [-0.39, 0.29) is 17.8 Å². The number of esters is 2. The average molecular weight is 279 g/mol. The van der Waals surface area contributed by atoms with Crippen molar-refractivity contribution in [1.82, 2.24) is 9.97 Å². The van der Waals surface area contributed by atoms with Crippen molar-refractivity contribution in [3.05, 3.63) is 18.1 Å². The summed E-state index contributed by atoms with van der Waals surface area (Å²) in [5.41, 5.74) is 0. The van der Waals surface area contributed by atoms with Gasteiger partial charge in [0.05, 0.1) is 14.2 Å². The minimum absolute atomic E-state index is 0.0146. The molecular formula is C13H17N3O4. The van der Waals surface area contributed by atoms with Crippen LogP contribution < -0.4 is 4.90 Å². The van der Waals surface area contributed by atoms with Crippen molar-refractivity contribution in [2.75, 3.05) is 25.7 Å². The number of rotatable bonds is 3. The number of hydrogen-bond acceptors (Lipinski definition) is 7. The average Bonchev–Trinajstić information content (AvgIpc) is 2.53. The van der Waals surface area contributed by atoms with Gasteiger partial charge in [0.2, 0.25) is 5.82 Å². The molecule has 0 N–H and O–H groups in total. The molecule has 20 heavy (non-hydrogen) atoms. The first-order valence-corrected chi connectivity index (χ1v) is 6.43. The Balaban J connectivity index is 2.28. The Kier molecular flexibility index (Phi) is 4.49. The Morgan fingerprint density at radius 2 is 2.10 bits per heavy atom. The summed E-state index contributed by atoms with van der Waals surface area (Å²) in [6.45, 7) is 0.692. The first kappa shape index (κ1) is 14.2. The molecule has 1 aliphatic rings. The van der Waals surface area contributed by atoms with Crippen LogP contribution in [0.5, 0.6) is 0 Å². The number of piperidine rings is 1. The minimum atomic E-state index is -0.599. The molecule has 1 saturated heterocycles. The fourth-order valence-electron chi connectivity index (χ4n) is 2.29. The zero-order valence-corrected chi connectivity index (χ0v) is 11.5. The van der Waals surface area contributed by atoms with Crippen LogP contribution in [0.2, 0.25) is 0 Å². The van der Waals surface area contributed by atoms with Crippen LogP contribution in [0.15, 0.2) is 12.3 Å². The second-order valence-corrected chi connectivity index (χ2v) is 4.46. The highest BCUT2D eigenvalue weighted by Gasteiger charge is 2.30. The molecule has 2 heterocycles. The highest BCUT2D eigenvalue weighted by Crippen LogP contribution is 2.23. The molecule has 1 atom stereocenters. The fourth-order valence-corrected chi connectivity index (χ4v) is 2.29. The molecule has 0 amide bonds. The number of methoxy groups -OCH3 is 2. The van der Waals surface area contributed by atoms with E-state index in [1.807, 2.05) is 4.90 Å². The molecule has 108 valence electrons. The molecule has 0 aromatic carbocycles. The number of carbonyl (C=O) groups excluding carboxylic acids is 2. The van der Waals surface area contributed by atoms with E-state index in [4.69, 9.17) is 4.74 Å². The van der Waals surface area contributed by atoms with Crippen LogP contribution in [0.3, 0.4) is 0 Å². The van der Waals surface area contributed by atoms with Crippen LogP contribution in [0.25, 0.3) is 0 Å². The Labute approximate surface area is 116 Å². The summed E-state index contributed by atoms with van der Waals surface area (Å²) in [5, 5.41) is 0. The third kappa shape index (κ3) is 2.87. The van der Waals surface area contributed by atoms with Crippen LogP contribution >= 0.6 is 0 Å². The van der Waals surface area contributed by atoms with E-state index in [0.29, 0.717) is 18.8 Å². The highest BCUT2D eigenvalue weighted by molar-refractivity contribution is 5.85. The summed E-state index contributed by atoms with van der Waals surface area (Å²) in [6.07, 6.45) is 4.12. The summed E-state index contributed by atoms with van der Waals surface area (Å²) >= 11 is 0. The number of hydrogen-bond donors (Lipinski definition) is 0. The van der Waals surface area contributed by atoms with Gasteiger partial charge >= 0.3 is 11.9 Å². The Bertz CT molecular complexity index is 506. The second-order valence-electron chi connectivity index (χ2n) is 4.46. The van der Waals surface area contributed by atoms with Gasteiger partial charge < -0.3 is 14.4 Å². The lowest BCUT2D eigenvalue weighted by Gasteiger charge is -2.34. The van der Waals surface area contributed by atoms with Crippen molar-refractivity contribution in [2.45, 2.75) is 25.3 Å². The predicted molar refractivity (Wildman–Crippen MR) is 70.4 cm³/mol. The van der Waals surface area contributed by atoms with E-state index in [1.165, 1.54) is 20.4 Å². The molecule has 1 aliphatic heterocycles. The van der Waals surface area contributed by atoms with Crippen molar-refractivity contribution in [3.63, 3.8) is 0 Å². The third-order valence-electron chi connectivity index (χ3n) is 3.28. The maximum atomic E-state index is 11.8. The van der Waals surface area contributed by atoms with Crippen LogP contribution in [-0.2, 0) is 14.3 Å². The number of ether oxygens (including phenoxy) is 2. The van der Waals surface area contributed by atoms with Crippen LogP contribution in [0.4, 0.5) is 5.82 Å². The first-order valence-electron chi connectivity index (χ1n) is 6.43. The Morgan fingerprint density at radius 3 is 2.80 bits per heavy atom. The van der Waals surface area contributed by atoms with Gasteiger partial charge in [0, 0.05) is 12.7 Å². The van der Waals surface area contributed by atoms with E-state index in [1.54, 1.807) is 6.07 Å². The molecule has 0 spiro atoms. The van der Waals surface area contributed by atoms with Gasteiger partial charge in [-0.1, -0.05) is 0 Å². The molecule has 0 radical (unpaired) electrons. The SMILES string of the molecule is COC(=O)c1nccc(N2CCCCC2C(=O)OC)n1. The molecule has 2 rings (SSSR count). The predicted octanol–water partition coefficient (Wildman–Crippen LogP) is 0.795. The second kappa shape index (κ2) is 6.31. The van der Waals surface area contributed by atoms with Gasteiger partial charge in [0.25, 0.3) is 0 Å². The van der Waals surface area contributed by atoms with Crippen molar-refractivity contribution in [1.29, 1.82) is 0 Å². The minimum Gasteiger partial charge on any atom is -0.467 e. The van der Waals surface area contributed by atoms with E-state index in [2.05, 4.69) is 14.7 Å². The van der Waals surface area contributed by atoms with Gasteiger partial charge in [-0.05, 0) is 25.3 Å². The highest BCUT2D eigenvalue weighted by atomic mass is 16.5. The maximum absolute atomic E-state index is 11.8. The van der Waals surface area contributed by atoms with Crippen molar-refractivity contribution in [2.24, 2.45) is 0 Å². The van der Waals surface area contributed by atoms with Crippen molar-refractivity contribution >= 4 is 17.8 Å². The number of nitrogens with zero attached hydrogens (tertiary/aromatic N) is 3. The lowest BCUT2D eigenvalue weighted by molar-refractivity contribution is -0.142. The summed E-state index contributed by atoms with van der Waals surface area (Å²) < 4.78 is 9.42. The lowest BCUT2D eigenvalue weighted by Crippen LogP contribution is -2.46. The molecule has 1 aromatic rings. The number of anilines is 1. The van der Waals surface area contributed by atoms with Crippen LogP contribution in [0, 0.1) is 0 Å². The molecule has 1 unspecified atom stereocenters. The smallest absolute Gasteiger partial charge is 0.376 e. The van der Waals surface area contributed by atoms with Gasteiger partial charge in [-0.15, -0.1) is 0 Å². The monoisotopic (exact) mass is 279 g/mol. The maximum Gasteiger partial charge on any atom is 0.376 e. The molecule has 0 aliphatic carbocycles. The molecular weight excluding hydrogens is 262 g/mol. The summed E-state index contributed by atoms with van der Waals surface area (Å²) in [5.74, 6) is -0.365. The summed E-state index contributed by atoms with van der Waals surface area (Å²) in [7, 11) is 2.64. The first-order chi connectivity index (χ1) is 9.67. The summed E-state index contributed by atoms with van der Waals surface area (Å²) in [4.78, 5) is 33.2. The number of carbonyl (C=O) groups is 2. The van der Waals surface area contributed by atoms with Crippen molar-refractivity contribution in [3.8, 4) is 0 Å². The van der Waals surface area contributed by atoms with Gasteiger partial charge in [-0.3, -0.25) is 0 Å². The molecule has 0 bridgehead atoms. The Morgan fingerprint density at radius 1 is 1.30 bits per heavy atom. The van der Waals surface area contributed by atoms with Crippen LogP contribution in [0.1, 0.15) is 29.9 Å². The molecule has 7 nitrogen and oxygen atoms in total. The standard InChI is InChI=1S/C13H17N3O4/c1-19-12(17)9-5-3-4-8-16(9)10-6-7-14-11(15-10)13(18)20-2/h6-7,9H,3-5,8H2,1-2H3. The third-order valence-corrected chi connectivity index (χ3v) is 3.28. The van der Waals surface area contributed by atoms with E-state index < -0.39 is 5.97 Å². The Hall–Kier alpha value is -2.18. The molecule has 1 aromatic heterocycles. The van der Waals surface area contributed by atoms with Gasteiger partial charge in [0.15, 0.2) is 0 Å². The van der Waals surface area contributed by atoms with Crippen molar-refractivity contribution < 1.29 is 19.1 Å². The van der Waals surface area contributed by atoms with E-state index >= 15 is 0 Å². The van der Waals surface area contributed by atoms with Crippen LogP contribution in [-0.4, -0.2) is 48.7 Å². The largest absolute Gasteiger partial charge is 0.467 e. The quantitative estimate of drug-likeness (QED) is 0.757. The number of aromatic nitrogens is 2. The van der Waals surface area contributed by atoms with E-state index in [0.717, 1.165) is 12.8 Å². The zero-order valence-electron chi connectivity index (χ0n) is 11.5.